The van der Waals surface area contributed by atoms with Crippen molar-refractivity contribution in [3.05, 3.63) is 70.0 Å². The van der Waals surface area contributed by atoms with Gasteiger partial charge in [-0.3, -0.25) is 9.69 Å². The molecule has 2 fully saturated rings. The summed E-state index contributed by atoms with van der Waals surface area (Å²) < 4.78 is 95.0. The first-order valence-electron chi connectivity index (χ1n) is 14.5. The topological polar surface area (TPSA) is 64.1 Å². The molecule has 6 nitrogen and oxygen atoms in total. The average Bonchev–Trinajstić information content (AvgIpc) is 2.95. The van der Waals surface area contributed by atoms with E-state index in [1.165, 1.54) is 31.0 Å². The van der Waals surface area contributed by atoms with Gasteiger partial charge in [0.15, 0.2) is 0 Å². The third kappa shape index (κ3) is 7.65. The van der Waals surface area contributed by atoms with Crippen molar-refractivity contribution in [3.8, 4) is 0 Å². The molecule has 13 heteroatoms. The van der Waals surface area contributed by atoms with Crippen LogP contribution in [0.15, 0.2) is 36.4 Å². The number of carboxylic acids is 1. The highest BCUT2D eigenvalue weighted by molar-refractivity contribution is 5.75. The zero-order chi connectivity index (χ0) is 32.6. The second-order valence-corrected chi connectivity index (χ2v) is 11.9. The Labute approximate surface area is 251 Å². The number of nitrogens with zero attached hydrogens (tertiary/aromatic N) is 3. The van der Waals surface area contributed by atoms with Crippen LogP contribution in [-0.2, 0) is 17.1 Å². The molecular weight excluding hydrogens is 595 g/mol. The fraction of sp³-hybridized carbons (Fsp3) is 0.548. The van der Waals surface area contributed by atoms with Crippen LogP contribution in [0, 0.1) is 24.6 Å². The van der Waals surface area contributed by atoms with Crippen LogP contribution in [-0.4, -0.2) is 65.0 Å². The van der Waals surface area contributed by atoms with E-state index in [-0.39, 0.29) is 30.0 Å². The van der Waals surface area contributed by atoms with Gasteiger partial charge in [-0.05, 0) is 92.5 Å². The number of halogens is 7. The number of urea groups is 1. The summed E-state index contributed by atoms with van der Waals surface area (Å²) in [6.07, 6.45) is -7.35. The van der Waals surface area contributed by atoms with Crippen molar-refractivity contribution in [1.82, 2.24) is 14.7 Å². The fourth-order valence-corrected chi connectivity index (χ4v) is 6.28. The van der Waals surface area contributed by atoms with Gasteiger partial charge in [0.1, 0.15) is 5.82 Å². The molecule has 242 valence electrons. The number of aryl methyl sites for hydroxylation is 1. The Morgan fingerprint density at radius 1 is 0.955 bits per heavy atom. The molecule has 2 aromatic carbocycles. The van der Waals surface area contributed by atoms with Crippen LogP contribution in [0.1, 0.15) is 72.5 Å². The third-order valence-electron chi connectivity index (χ3n) is 8.99. The quantitative estimate of drug-likeness (QED) is 0.335. The van der Waals surface area contributed by atoms with E-state index in [1.807, 2.05) is 0 Å². The maximum Gasteiger partial charge on any atom is 0.416 e. The molecule has 2 aromatic rings. The van der Waals surface area contributed by atoms with Gasteiger partial charge in [-0.2, -0.15) is 26.3 Å². The van der Waals surface area contributed by atoms with Gasteiger partial charge in [0.05, 0.1) is 29.1 Å². The van der Waals surface area contributed by atoms with Crippen molar-refractivity contribution in [2.45, 2.75) is 64.0 Å². The van der Waals surface area contributed by atoms with E-state index in [0.717, 1.165) is 17.7 Å². The molecule has 0 aromatic heterocycles. The number of rotatable bonds is 6. The lowest BCUT2D eigenvalue weighted by molar-refractivity contribution is -0.144. The van der Waals surface area contributed by atoms with Crippen molar-refractivity contribution in [2.24, 2.45) is 11.8 Å². The molecule has 44 heavy (non-hydrogen) atoms. The number of carboxylic acid groups (broad SMARTS) is 1. The van der Waals surface area contributed by atoms with Crippen LogP contribution < -0.4 is 0 Å². The lowest BCUT2D eigenvalue weighted by Gasteiger charge is -2.45. The molecule has 2 atom stereocenters. The minimum Gasteiger partial charge on any atom is -0.481 e. The zero-order valence-electron chi connectivity index (χ0n) is 24.7. The summed E-state index contributed by atoms with van der Waals surface area (Å²) in [5.74, 6) is -1.32. The van der Waals surface area contributed by atoms with Crippen molar-refractivity contribution in [2.75, 3.05) is 33.2 Å². The Morgan fingerprint density at radius 3 is 2.07 bits per heavy atom. The van der Waals surface area contributed by atoms with Crippen molar-refractivity contribution in [1.29, 1.82) is 0 Å². The van der Waals surface area contributed by atoms with Gasteiger partial charge in [0.25, 0.3) is 0 Å². The Hall–Kier alpha value is -3.35. The molecule has 1 aliphatic carbocycles. The molecule has 1 N–H and O–H groups in total. The maximum atomic E-state index is 14.0. The van der Waals surface area contributed by atoms with Gasteiger partial charge in [0.2, 0.25) is 0 Å². The normalized spacial score (nSPS) is 22.5. The molecular formula is C31H36F7N3O3. The van der Waals surface area contributed by atoms with Crippen LogP contribution >= 0.6 is 0 Å². The predicted octanol–water partition coefficient (Wildman–Crippen LogP) is 7.53. The van der Waals surface area contributed by atoms with E-state index >= 15 is 0 Å². The molecule has 1 saturated carbocycles. The first-order valence-corrected chi connectivity index (χ1v) is 14.5. The molecule has 0 spiro atoms. The molecule has 0 bridgehead atoms. The molecule has 4 rings (SSSR count). The van der Waals surface area contributed by atoms with Crippen LogP contribution in [0.3, 0.4) is 0 Å². The highest BCUT2D eigenvalue weighted by Gasteiger charge is 2.40. The molecule has 1 aliphatic heterocycles. The number of amides is 2. The fourth-order valence-electron chi connectivity index (χ4n) is 6.28. The van der Waals surface area contributed by atoms with Crippen molar-refractivity contribution in [3.63, 3.8) is 0 Å². The van der Waals surface area contributed by atoms with Crippen LogP contribution in [0.25, 0.3) is 0 Å². The van der Waals surface area contributed by atoms with Gasteiger partial charge in [0, 0.05) is 33.2 Å². The molecule has 2 aliphatic rings. The number of benzene rings is 2. The number of hydrogen-bond acceptors (Lipinski definition) is 3. The average molecular weight is 632 g/mol. The van der Waals surface area contributed by atoms with Crippen LogP contribution in [0.2, 0.25) is 0 Å². The molecule has 1 heterocycles. The molecule has 1 saturated heterocycles. The largest absolute Gasteiger partial charge is 0.481 e. The van der Waals surface area contributed by atoms with E-state index in [1.54, 1.807) is 13.0 Å². The highest BCUT2D eigenvalue weighted by Crippen LogP contribution is 2.39. The smallest absolute Gasteiger partial charge is 0.416 e. The number of aliphatic carboxylic acids is 1. The summed E-state index contributed by atoms with van der Waals surface area (Å²) in [4.78, 5) is 30.1. The highest BCUT2D eigenvalue weighted by atomic mass is 19.4. The van der Waals surface area contributed by atoms with Crippen molar-refractivity contribution >= 4 is 12.0 Å². The first kappa shape index (κ1) is 33.5. The molecule has 0 radical (unpaired) electrons. The summed E-state index contributed by atoms with van der Waals surface area (Å²) in [7, 11) is 1.34. The van der Waals surface area contributed by atoms with Gasteiger partial charge in [-0.25, -0.2) is 9.18 Å². The Morgan fingerprint density at radius 2 is 1.55 bits per heavy atom. The minimum absolute atomic E-state index is 0.0543. The lowest BCUT2D eigenvalue weighted by Crippen LogP contribution is -2.54. The zero-order valence-corrected chi connectivity index (χ0v) is 24.7. The van der Waals surface area contributed by atoms with Crippen LogP contribution in [0.4, 0.5) is 35.5 Å². The van der Waals surface area contributed by atoms with E-state index in [4.69, 9.17) is 0 Å². The number of carbonyl (C=O) groups excluding carboxylic acids is 1. The summed E-state index contributed by atoms with van der Waals surface area (Å²) in [6, 6.07) is 3.24. The van der Waals surface area contributed by atoms with Crippen molar-refractivity contribution < 1.29 is 45.4 Å². The Bertz CT molecular complexity index is 1320. The Kier molecular flexibility index (Phi) is 9.87. The van der Waals surface area contributed by atoms with Gasteiger partial charge >= 0.3 is 24.4 Å². The van der Waals surface area contributed by atoms with Gasteiger partial charge in [-0.15, -0.1) is 0 Å². The monoisotopic (exact) mass is 631 g/mol. The van der Waals surface area contributed by atoms with Gasteiger partial charge in [-0.1, -0.05) is 6.07 Å². The maximum absolute atomic E-state index is 14.0. The Balaban J connectivity index is 1.58. The SMILES string of the molecule is Cc1cc(F)ccc1[C@H]1CN(C[C@H]2CC[C@H](C(=O)O)CC2)CCN1C(=O)N(C)C(C)c1cc(C(F)(F)F)cc(C(F)(F)F)c1. The number of piperazine rings is 1. The number of alkyl halides is 6. The van der Waals surface area contributed by atoms with E-state index in [0.29, 0.717) is 55.7 Å². The van der Waals surface area contributed by atoms with Crippen LogP contribution in [0.5, 0.6) is 0 Å². The first-order chi connectivity index (χ1) is 20.5. The van der Waals surface area contributed by atoms with E-state index < -0.39 is 53.4 Å². The second kappa shape index (κ2) is 12.9. The predicted molar refractivity (Wildman–Crippen MR) is 148 cm³/mol. The minimum atomic E-state index is -5.02. The summed E-state index contributed by atoms with van der Waals surface area (Å²) in [6.45, 7) is 4.82. The standard InChI is InChI=1S/C31H36F7N3O3/c1-18-12-25(32)8-9-26(18)27-17-40(16-20-4-6-21(7-5-20)28(42)43)10-11-41(27)29(44)39(3)19(2)22-13-23(30(33,34)35)15-24(14-22)31(36,37)38/h8-9,12-15,19-21,27H,4-7,10-11,16-17H2,1-3H3,(H,42,43)/t19?,20-,21-,27-/m1/s1. The number of hydrogen-bond donors (Lipinski definition) is 1. The van der Waals surface area contributed by atoms with E-state index in [9.17, 15) is 45.4 Å². The summed E-state index contributed by atoms with van der Waals surface area (Å²) >= 11 is 0. The lowest BCUT2D eigenvalue weighted by atomic mass is 9.81. The van der Waals surface area contributed by atoms with E-state index in [2.05, 4.69) is 4.90 Å². The molecule has 1 unspecified atom stereocenters. The summed E-state index contributed by atoms with van der Waals surface area (Å²) in [5.41, 5.74) is -1.95. The number of carbonyl (C=O) groups is 2. The second-order valence-electron chi connectivity index (χ2n) is 11.9. The third-order valence-corrected chi connectivity index (χ3v) is 8.99. The van der Waals surface area contributed by atoms with Gasteiger partial charge < -0.3 is 14.9 Å². The summed E-state index contributed by atoms with van der Waals surface area (Å²) in [5, 5.41) is 9.31. The molecule has 2 amide bonds.